The number of carbonyl (C=O) groups excluding carboxylic acids is 1. The summed E-state index contributed by atoms with van der Waals surface area (Å²) in [6.07, 6.45) is 0. The molecule has 0 saturated carbocycles. The van der Waals surface area contributed by atoms with Crippen LogP contribution in [-0.4, -0.2) is 33.3 Å². The average molecular weight is 147 g/mol. The Kier molecular flexibility index (Phi) is 2.82. The van der Waals surface area contributed by atoms with Crippen LogP contribution in [0.25, 0.3) is 0 Å². The lowest BCUT2D eigenvalue weighted by atomic mass is 10.4. The first-order chi connectivity index (χ1) is 4.46. The molecule has 58 valence electrons. The van der Waals surface area contributed by atoms with E-state index in [-0.39, 0.29) is 5.06 Å². The van der Waals surface area contributed by atoms with Gasteiger partial charge in [-0.25, -0.2) is 9.86 Å². The summed E-state index contributed by atoms with van der Waals surface area (Å²) in [4.78, 5) is 20.3. The van der Waals surface area contributed by atoms with Crippen molar-refractivity contribution in [2.24, 2.45) is 0 Å². The highest BCUT2D eigenvalue weighted by atomic mass is 16.5. The number of rotatable bonds is 1. The lowest BCUT2D eigenvalue weighted by Gasteiger charge is -2.15. The van der Waals surface area contributed by atoms with Gasteiger partial charge in [-0.2, -0.15) is 0 Å². The third-order valence-corrected chi connectivity index (χ3v) is 0.880. The Morgan fingerprint density at radius 2 is 1.80 bits per heavy atom. The van der Waals surface area contributed by atoms with Gasteiger partial charge in [0.05, 0.1) is 6.04 Å². The van der Waals surface area contributed by atoms with Crippen molar-refractivity contribution in [2.45, 2.75) is 19.9 Å². The van der Waals surface area contributed by atoms with Crippen LogP contribution in [0.15, 0.2) is 0 Å². The maximum Gasteiger partial charge on any atom is 0.396 e. The standard InChI is InChI=1S/C5H9NO4/c1-3(2)6(10)4(7)5(8)9/h3,10H,1-2H3,(H,8,9). The van der Waals surface area contributed by atoms with E-state index >= 15 is 0 Å². The first kappa shape index (κ1) is 8.90. The van der Waals surface area contributed by atoms with Crippen LogP contribution >= 0.6 is 0 Å². The molecule has 10 heavy (non-hydrogen) atoms. The highest BCUT2D eigenvalue weighted by Crippen LogP contribution is 1.92. The Morgan fingerprint density at radius 3 is 1.90 bits per heavy atom. The molecule has 0 heterocycles. The predicted octanol–water partition coefficient (Wildman–Crippen LogP) is -0.303. The lowest BCUT2D eigenvalue weighted by Crippen LogP contribution is -2.38. The van der Waals surface area contributed by atoms with Gasteiger partial charge in [0, 0.05) is 0 Å². The summed E-state index contributed by atoms with van der Waals surface area (Å²) in [5.41, 5.74) is 0. The van der Waals surface area contributed by atoms with E-state index in [1.54, 1.807) is 0 Å². The third-order valence-electron chi connectivity index (χ3n) is 0.880. The summed E-state index contributed by atoms with van der Waals surface area (Å²) in [5.74, 6) is -2.97. The summed E-state index contributed by atoms with van der Waals surface area (Å²) in [5, 5.41) is 16.9. The molecule has 0 atom stereocenters. The largest absolute Gasteiger partial charge is 0.474 e. The van der Waals surface area contributed by atoms with Gasteiger partial charge in [-0.3, -0.25) is 10.0 Å². The molecule has 0 aliphatic heterocycles. The number of carboxylic acids is 1. The van der Waals surface area contributed by atoms with Crippen molar-refractivity contribution in [1.82, 2.24) is 5.06 Å². The minimum absolute atomic E-state index is 0.169. The SMILES string of the molecule is CC(C)N(O)C(=O)C(=O)O. The fourth-order valence-electron chi connectivity index (χ4n) is 0.333. The number of hydrogen-bond donors (Lipinski definition) is 2. The molecule has 0 spiro atoms. The van der Waals surface area contributed by atoms with Gasteiger partial charge in [0.25, 0.3) is 0 Å². The Balaban J connectivity index is 4.08. The van der Waals surface area contributed by atoms with Gasteiger partial charge < -0.3 is 5.11 Å². The summed E-state index contributed by atoms with van der Waals surface area (Å²) in [6.45, 7) is 3.00. The van der Waals surface area contributed by atoms with Crippen LogP contribution in [0.1, 0.15) is 13.8 Å². The molecule has 1 amide bonds. The number of carboxylic acid groups (broad SMARTS) is 1. The van der Waals surface area contributed by atoms with Crippen LogP contribution < -0.4 is 0 Å². The fourth-order valence-corrected chi connectivity index (χ4v) is 0.333. The van der Waals surface area contributed by atoms with Crippen molar-refractivity contribution in [1.29, 1.82) is 0 Å². The second kappa shape index (κ2) is 3.17. The quantitative estimate of drug-likeness (QED) is 0.303. The number of hydrogen-bond acceptors (Lipinski definition) is 3. The smallest absolute Gasteiger partial charge is 0.396 e. The van der Waals surface area contributed by atoms with Crippen LogP contribution in [0.5, 0.6) is 0 Å². The number of aliphatic carboxylic acids is 1. The van der Waals surface area contributed by atoms with Gasteiger partial charge in [-0.15, -0.1) is 0 Å². The highest BCUT2D eigenvalue weighted by molar-refractivity contribution is 6.31. The molecular weight excluding hydrogens is 138 g/mol. The molecule has 2 N–H and O–H groups in total. The van der Waals surface area contributed by atoms with E-state index < -0.39 is 17.9 Å². The van der Waals surface area contributed by atoms with E-state index in [0.717, 1.165) is 0 Å². The number of hydroxylamine groups is 2. The molecule has 0 aromatic heterocycles. The molecule has 0 aliphatic rings. The highest BCUT2D eigenvalue weighted by Gasteiger charge is 2.20. The van der Waals surface area contributed by atoms with E-state index in [1.807, 2.05) is 0 Å². The molecular formula is C5H9NO4. The molecule has 0 bridgehead atoms. The van der Waals surface area contributed by atoms with Crippen molar-refractivity contribution in [3.05, 3.63) is 0 Å². The third kappa shape index (κ3) is 2.02. The van der Waals surface area contributed by atoms with Crippen molar-refractivity contribution >= 4 is 11.9 Å². The average Bonchev–Trinajstić information content (AvgIpc) is 1.84. The van der Waals surface area contributed by atoms with Crippen molar-refractivity contribution in [3.8, 4) is 0 Å². The van der Waals surface area contributed by atoms with Crippen molar-refractivity contribution < 1.29 is 19.9 Å². The van der Waals surface area contributed by atoms with Gasteiger partial charge in [-0.05, 0) is 13.8 Å². The predicted molar refractivity (Wildman–Crippen MR) is 31.4 cm³/mol. The lowest BCUT2D eigenvalue weighted by molar-refractivity contribution is -0.183. The summed E-state index contributed by atoms with van der Waals surface area (Å²) < 4.78 is 0. The number of carbonyl (C=O) groups is 2. The minimum atomic E-state index is -1.66. The summed E-state index contributed by atoms with van der Waals surface area (Å²) in [6, 6.07) is -0.511. The van der Waals surface area contributed by atoms with Gasteiger partial charge in [-0.1, -0.05) is 0 Å². The fraction of sp³-hybridized carbons (Fsp3) is 0.600. The maximum atomic E-state index is 10.4. The Morgan fingerprint density at radius 1 is 1.40 bits per heavy atom. The normalized spacial score (nSPS) is 9.60. The van der Waals surface area contributed by atoms with Gasteiger partial charge in [0.2, 0.25) is 0 Å². The first-order valence-electron chi connectivity index (χ1n) is 2.72. The molecule has 0 saturated heterocycles. The second-order valence-corrected chi connectivity index (χ2v) is 2.05. The van der Waals surface area contributed by atoms with E-state index in [1.165, 1.54) is 13.8 Å². The molecule has 0 aromatic carbocycles. The minimum Gasteiger partial charge on any atom is -0.474 e. The van der Waals surface area contributed by atoms with Crippen LogP contribution in [-0.2, 0) is 9.59 Å². The van der Waals surface area contributed by atoms with Gasteiger partial charge in [0.1, 0.15) is 0 Å². The molecule has 0 aromatic rings. The summed E-state index contributed by atoms with van der Waals surface area (Å²) in [7, 11) is 0. The Labute approximate surface area is 57.8 Å². The topological polar surface area (TPSA) is 77.8 Å². The zero-order valence-electron chi connectivity index (χ0n) is 5.74. The number of nitrogens with zero attached hydrogens (tertiary/aromatic N) is 1. The Hall–Kier alpha value is -1.10. The zero-order valence-corrected chi connectivity index (χ0v) is 5.74. The van der Waals surface area contributed by atoms with Crippen LogP contribution in [0.2, 0.25) is 0 Å². The molecule has 0 aliphatic carbocycles. The zero-order chi connectivity index (χ0) is 8.31. The monoisotopic (exact) mass is 147 g/mol. The molecule has 5 heteroatoms. The van der Waals surface area contributed by atoms with Gasteiger partial charge >= 0.3 is 11.9 Å². The molecule has 0 radical (unpaired) electrons. The molecule has 5 nitrogen and oxygen atoms in total. The second-order valence-electron chi connectivity index (χ2n) is 2.05. The molecule has 0 fully saturated rings. The van der Waals surface area contributed by atoms with E-state index in [0.29, 0.717) is 0 Å². The number of amides is 1. The van der Waals surface area contributed by atoms with Gasteiger partial charge in [0.15, 0.2) is 0 Å². The molecule has 0 rings (SSSR count). The van der Waals surface area contributed by atoms with Crippen LogP contribution in [0.3, 0.4) is 0 Å². The summed E-state index contributed by atoms with van der Waals surface area (Å²) >= 11 is 0. The van der Waals surface area contributed by atoms with Crippen molar-refractivity contribution in [3.63, 3.8) is 0 Å². The van der Waals surface area contributed by atoms with E-state index in [2.05, 4.69) is 0 Å². The van der Waals surface area contributed by atoms with Crippen LogP contribution in [0, 0.1) is 0 Å². The first-order valence-corrected chi connectivity index (χ1v) is 2.72. The maximum absolute atomic E-state index is 10.4. The molecule has 0 unspecified atom stereocenters. The Bertz CT molecular complexity index is 154. The van der Waals surface area contributed by atoms with E-state index in [4.69, 9.17) is 10.3 Å². The van der Waals surface area contributed by atoms with Crippen molar-refractivity contribution in [2.75, 3.05) is 0 Å². The van der Waals surface area contributed by atoms with Crippen LogP contribution in [0.4, 0.5) is 0 Å². The van der Waals surface area contributed by atoms with E-state index in [9.17, 15) is 9.59 Å².